The van der Waals surface area contributed by atoms with Crippen molar-refractivity contribution in [1.29, 1.82) is 0 Å². The number of H-pyrrole nitrogens is 1. The number of aromatic hydroxyl groups is 1. The van der Waals surface area contributed by atoms with Crippen LogP contribution in [0.5, 0.6) is 5.88 Å². The van der Waals surface area contributed by atoms with Gasteiger partial charge in [-0.2, -0.15) is 0 Å². The van der Waals surface area contributed by atoms with E-state index in [0.717, 1.165) is 4.57 Å². The highest BCUT2D eigenvalue weighted by atomic mass is 16.3. The van der Waals surface area contributed by atoms with Gasteiger partial charge in [0.1, 0.15) is 6.54 Å². The molecular formula is C9H13N3O4. The fourth-order valence-electron chi connectivity index (χ4n) is 1.29. The monoisotopic (exact) mass is 227 g/mol. The van der Waals surface area contributed by atoms with Crippen LogP contribution < -0.4 is 16.6 Å². The van der Waals surface area contributed by atoms with Crippen molar-refractivity contribution in [3.8, 4) is 5.88 Å². The fourth-order valence-corrected chi connectivity index (χ4v) is 1.29. The Balaban J connectivity index is 3.34. The van der Waals surface area contributed by atoms with Gasteiger partial charge in [0.25, 0.3) is 5.56 Å². The summed E-state index contributed by atoms with van der Waals surface area (Å²) < 4.78 is 0.819. The van der Waals surface area contributed by atoms with E-state index in [2.05, 4.69) is 5.32 Å². The predicted octanol–water partition coefficient (Wildman–Crippen LogP) is -1.45. The lowest BCUT2D eigenvalue weighted by Gasteiger charge is -2.09. The number of aromatic nitrogens is 2. The third-order valence-electron chi connectivity index (χ3n) is 2.20. The van der Waals surface area contributed by atoms with Crippen molar-refractivity contribution in [2.24, 2.45) is 0 Å². The minimum atomic E-state index is -0.802. The van der Waals surface area contributed by atoms with Gasteiger partial charge in [0, 0.05) is 7.05 Å². The van der Waals surface area contributed by atoms with Crippen molar-refractivity contribution in [3.05, 3.63) is 26.4 Å². The number of hydrogen-bond donors (Lipinski definition) is 3. The summed E-state index contributed by atoms with van der Waals surface area (Å²) in [7, 11) is 1.41. The predicted molar refractivity (Wildman–Crippen MR) is 56.4 cm³/mol. The Morgan fingerprint density at radius 2 is 2.12 bits per heavy atom. The third-order valence-corrected chi connectivity index (χ3v) is 2.20. The molecule has 0 fully saturated rings. The molecule has 7 heteroatoms. The zero-order valence-electron chi connectivity index (χ0n) is 9.03. The van der Waals surface area contributed by atoms with E-state index in [1.54, 1.807) is 6.92 Å². The largest absolute Gasteiger partial charge is 0.494 e. The summed E-state index contributed by atoms with van der Waals surface area (Å²) >= 11 is 0. The van der Waals surface area contributed by atoms with E-state index >= 15 is 0 Å². The maximum atomic E-state index is 11.3. The summed E-state index contributed by atoms with van der Waals surface area (Å²) in [6.45, 7) is 1.34. The summed E-state index contributed by atoms with van der Waals surface area (Å²) in [5.41, 5.74) is -1.34. The van der Waals surface area contributed by atoms with Crippen LogP contribution in [0.4, 0.5) is 0 Å². The second-order valence-corrected chi connectivity index (χ2v) is 3.17. The number of carbonyl (C=O) groups excluding carboxylic acids is 1. The normalized spacial score (nSPS) is 10.1. The van der Waals surface area contributed by atoms with Gasteiger partial charge in [-0.05, 0) is 6.42 Å². The highest BCUT2D eigenvalue weighted by molar-refractivity contribution is 5.75. The first-order valence-corrected chi connectivity index (χ1v) is 4.76. The first kappa shape index (κ1) is 12.0. The number of hydrogen-bond acceptors (Lipinski definition) is 4. The Morgan fingerprint density at radius 3 is 2.62 bits per heavy atom. The Labute approximate surface area is 90.7 Å². The summed E-state index contributed by atoms with van der Waals surface area (Å²) in [6.07, 6.45) is 0.273. The molecule has 3 N–H and O–H groups in total. The first-order chi connectivity index (χ1) is 7.51. The molecule has 1 heterocycles. The Hall–Kier alpha value is -2.05. The number of aromatic amines is 1. The molecule has 1 aromatic rings. The molecule has 0 aliphatic rings. The van der Waals surface area contributed by atoms with Gasteiger partial charge < -0.3 is 10.4 Å². The number of amides is 1. The average molecular weight is 227 g/mol. The van der Waals surface area contributed by atoms with Gasteiger partial charge in [-0.25, -0.2) is 4.79 Å². The Bertz CT molecular complexity index is 514. The molecule has 1 rings (SSSR count). The quantitative estimate of drug-likeness (QED) is 0.587. The van der Waals surface area contributed by atoms with Gasteiger partial charge in [0.15, 0.2) is 0 Å². The van der Waals surface area contributed by atoms with Crippen LogP contribution in [0.25, 0.3) is 0 Å². The van der Waals surface area contributed by atoms with E-state index in [1.165, 1.54) is 7.05 Å². The van der Waals surface area contributed by atoms with Gasteiger partial charge in [0.2, 0.25) is 11.8 Å². The second-order valence-electron chi connectivity index (χ2n) is 3.17. The molecule has 0 aliphatic heterocycles. The van der Waals surface area contributed by atoms with E-state index in [1.807, 2.05) is 4.98 Å². The lowest BCUT2D eigenvalue weighted by molar-refractivity contribution is -0.121. The van der Waals surface area contributed by atoms with E-state index in [-0.39, 0.29) is 18.5 Å². The van der Waals surface area contributed by atoms with E-state index < -0.39 is 23.0 Å². The Morgan fingerprint density at radius 1 is 1.50 bits per heavy atom. The van der Waals surface area contributed by atoms with Crippen LogP contribution in [0.15, 0.2) is 9.59 Å². The van der Waals surface area contributed by atoms with Crippen molar-refractivity contribution >= 4 is 5.91 Å². The van der Waals surface area contributed by atoms with Crippen LogP contribution in [-0.2, 0) is 17.8 Å². The molecule has 0 atom stereocenters. The molecule has 7 nitrogen and oxygen atoms in total. The molecule has 0 unspecified atom stereocenters. The highest BCUT2D eigenvalue weighted by Crippen LogP contribution is 2.09. The van der Waals surface area contributed by atoms with E-state index in [0.29, 0.717) is 0 Å². The number of nitrogens with one attached hydrogen (secondary N) is 2. The summed E-state index contributed by atoms with van der Waals surface area (Å²) in [6, 6.07) is 0. The summed E-state index contributed by atoms with van der Waals surface area (Å²) in [5, 5.41) is 12.0. The number of nitrogens with zero attached hydrogens (tertiary/aromatic N) is 1. The minimum absolute atomic E-state index is 0.0866. The molecule has 0 aliphatic carbocycles. The number of likely N-dealkylation sites (N-methyl/N-ethyl adjacent to an activating group) is 1. The molecule has 0 bridgehead atoms. The molecule has 0 saturated carbocycles. The van der Waals surface area contributed by atoms with Crippen molar-refractivity contribution < 1.29 is 9.90 Å². The molecular weight excluding hydrogens is 214 g/mol. The lowest BCUT2D eigenvalue weighted by atomic mass is 10.2. The van der Waals surface area contributed by atoms with Crippen molar-refractivity contribution in [3.63, 3.8) is 0 Å². The number of carbonyl (C=O) groups is 1. The van der Waals surface area contributed by atoms with Crippen molar-refractivity contribution in [2.75, 3.05) is 7.05 Å². The summed E-state index contributed by atoms with van der Waals surface area (Å²) in [5.74, 6) is -0.897. The smallest absolute Gasteiger partial charge is 0.331 e. The molecule has 1 aromatic heterocycles. The maximum Gasteiger partial charge on any atom is 0.331 e. The van der Waals surface area contributed by atoms with Crippen molar-refractivity contribution in [2.45, 2.75) is 19.9 Å². The van der Waals surface area contributed by atoms with Crippen LogP contribution in [0.1, 0.15) is 12.5 Å². The standard InChI is InChI=1S/C9H13N3O4/c1-3-5-7(14)11-9(16)12(8(5)15)4-6(13)10-2/h15H,3-4H2,1-2H3,(H,10,13)(H,11,14,16). The van der Waals surface area contributed by atoms with Crippen molar-refractivity contribution in [1.82, 2.24) is 14.9 Å². The molecule has 16 heavy (non-hydrogen) atoms. The van der Waals surface area contributed by atoms with Crippen LogP contribution in [-0.4, -0.2) is 27.6 Å². The molecule has 0 radical (unpaired) electrons. The lowest BCUT2D eigenvalue weighted by Crippen LogP contribution is -2.36. The molecule has 0 spiro atoms. The summed E-state index contributed by atoms with van der Waals surface area (Å²) in [4.78, 5) is 35.8. The van der Waals surface area contributed by atoms with Gasteiger partial charge >= 0.3 is 5.69 Å². The zero-order valence-corrected chi connectivity index (χ0v) is 9.03. The molecule has 0 saturated heterocycles. The van der Waals surface area contributed by atoms with Gasteiger partial charge in [-0.15, -0.1) is 0 Å². The molecule has 0 aromatic carbocycles. The highest BCUT2D eigenvalue weighted by Gasteiger charge is 2.14. The molecule has 1 amide bonds. The van der Waals surface area contributed by atoms with Crippen LogP contribution in [0.3, 0.4) is 0 Å². The van der Waals surface area contributed by atoms with Gasteiger partial charge in [-0.3, -0.25) is 19.1 Å². The second kappa shape index (κ2) is 4.65. The van der Waals surface area contributed by atoms with Gasteiger partial charge in [-0.1, -0.05) is 6.92 Å². The Kier molecular flexibility index (Phi) is 3.49. The third kappa shape index (κ3) is 2.13. The first-order valence-electron chi connectivity index (χ1n) is 4.76. The van der Waals surface area contributed by atoms with E-state index in [9.17, 15) is 19.5 Å². The average Bonchev–Trinajstić information content (AvgIpc) is 2.24. The fraction of sp³-hybridized carbons (Fsp3) is 0.444. The van der Waals surface area contributed by atoms with Crippen LogP contribution >= 0.6 is 0 Å². The topological polar surface area (TPSA) is 104 Å². The molecule has 88 valence electrons. The van der Waals surface area contributed by atoms with Crippen LogP contribution in [0.2, 0.25) is 0 Å². The van der Waals surface area contributed by atoms with Crippen LogP contribution in [0, 0.1) is 0 Å². The maximum absolute atomic E-state index is 11.3. The van der Waals surface area contributed by atoms with E-state index in [4.69, 9.17) is 0 Å². The zero-order chi connectivity index (χ0) is 12.3. The minimum Gasteiger partial charge on any atom is -0.494 e. The van der Waals surface area contributed by atoms with Gasteiger partial charge in [0.05, 0.1) is 5.56 Å². The SMILES string of the molecule is CCc1c(O)n(CC(=O)NC)c(=O)[nH]c1=O. The number of rotatable bonds is 3.